The third-order valence-corrected chi connectivity index (χ3v) is 5.90. The highest BCUT2D eigenvalue weighted by atomic mass is 16.2. The molecule has 0 spiro atoms. The van der Waals surface area contributed by atoms with Crippen LogP contribution < -0.4 is 10.6 Å². The zero-order chi connectivity index (χ0) is 25.1. The average molecular weight is 474 g/mol. The quantitative estimate of drug-likeness (QED) is 0.202. The molecule has 176 valence electrons. The van der Waals surface area contributed by atoms with Crippen LogP contribution >= 0.6 is 0 Å². The van der Waals surface area contributed by atoms with E-state index in [1.54, 1.807) is 30.3 Å². The molecular formula is C30H23N3O3. The van der Waals surface area contributed by atoms with Gasteiger partial charge in [0, 0.05) is 16.6 Å². The molecule has 0 saturated carbocycles. The Hall–Kier alpha value is -4.97. The van der Waals surface area contributed by atoms with Gasteiger partial charge in [-0.2, -0.15) is 0 Å². The Kier molecular flexibility index (Phi) is 6.16. The smallest absolute Gasteiger partial charge is 0.296 e. The van der Waals surface area contributed by atoms with E-state index in [2.05, 4.69) is 15.6 Å². The molecule has 0 fully saturated rings. The first kappa shape index (κ1) is 22.8. The molecule has 36 heavy (non-hydrogen) atoms. The van der Waals surface area contributed by atoms with E-state index >= 15 is 0 Å². The standard InChI is InChI=1S/C30H23N3O3/c1-19-10-9-13-21(18-19)31-29(35)23-15-6-8-17-25(23)33-30(36)28(34)26-22-14-5-7-16-24(22)32-27(26)20-11-3-2-4-12-20/h2-18,32H,1H3,(H,31,35)(H,33,36). The molecule has 0 atom stereocenters. The molecule has 4 aromatic carbocycles. The number of para-hydroxylation sites is 2. The number of fused-ring (bicyclic) bond motifs is 1. The van der Waals surface area contributed by atoms with Crippen LogP contribution in [0, 0.1) is 6.92 Å². The van der Waals surface area contributed by atoms with Gasteiger partial charge in [-0.05, 0) is 48.4 Å². The van der Waals surface area contributed by atoms with E-state index in [1.807, 2.05) is 79.7 Å². The summed E-state index contributed by atoms with van der Waals surface area (Å²) in [7, 11) is 0. The Morgan fingerprint density at radius 1 is 0.722 bits per heavy atom. The Morgan fingerprint density at radius 3 is 2.25 bits per heavy atom. The van der Waals surface area contributed by atoms with Gasteiger partial charge in [0.2, 0.25) is 0 Å². The first-order valence-corrected chi connectivity index (χ1v) is 11.5. The zero-order valence-corrected chi connectivity index (χ0v) is 19.5. The maximum atomic E-state index is 13.5. The second-order valence-corrected chi connectivity index (χ2v) is 8.44. The number of aromatic nitrogens is 1. The van der Waals surface area contributed by atoms with Gasteiger partial charge in [0.15, 0.2) is 0 Å². The van der Waals surface area contributed by atoms with Gasteiger partial charge in [0.1, 0.15) is 0 Å². The van der Waals surface area contributed by atoms with Gasteiger partial charge >= 0.3 is 0 Å². The molecule has 0 aliphatic heterocycles. The van der Waals surface area contributed by atoms with Crippen molar-refractivity contribution in [3.05, 3.63) is 120 Å². The third kappa shape index (κ3) is 4.52. The fraction of sp³-hybridized carbons (Fsp3) is 0.0333. The Labute approximate surface area is 208 Å². The number of Topliss-reactive ketones (excluding diaryl/α,β-unsaturated/α-hetero) is 1. The maximum Gasteiger partial charge on any atom is 0.296 e. The molecule has 6 heteroatoms. The molecule has 5 rings (SSSR count). The lowest BCUT2D eigenvalue weighted by Crippen LogP contribution is -2.25. The van der Waals surface area contributed by atoms with Crippen LogP contribution in [0.2, 0.25) is 0 Å². The number of aromatic amines is 1. The third-order valence-electron chi connectivity index (χ3n) is 5.90. The van der Waals surface area contributed by atoms with Gasteiger partial charge < -0.3 is 15.6 Å². The largest absolute Gasteiger partial charge is 0.354 e. The van der Waals surface area contributed by atoms with Crippen LogP contribution in [-0.4, -0.2) is 22.6 Å². The Morgan fingerprint density at radius 2 is 1.44 bits per heavy atom. The second kappa shape index (κ2) is 9.72. The van der Waals surface area contributed by atoms with Crippen molar-refractivity contribution in [2.45, 2.75) is 6.92 Å². The summed E-state index contributed by atoms with van der Waals surface area (Å²) in [6.45, 7) is 1.93. The van der Waals surface area contributed by atoms with Crippen LogP contribution in [0.3, 0.4) is 0 Å². The maximum absolute atomic E-state index is 13.5. The van der Waals surface area contributed by atoms with E-state index in [9.17, 15) is 14.4 Å². The van der Waals surface area contributed by atoms with Crippen molar-refractivity contribution in [3.8, 4) is 11.3 Å². The molecule has 0 bridgehead atoms. The molecule has 6 nitrogen and oxygen atoms in total. The van der Waals surface area contributed by atoms with Gasteiger partial charge in [-0.15, -0.1) is 0 Å². The number of hydrogen-bond acceptors (Lipinski definition) is 3. The van der Waals surface area contributed by atoms with Crippen LogP contribution in [0.15, 0.2) is 103 Å². The molecule has 1 aromatic heterocycles. The topological polar surface area (TPSA) is 91.1 Å². The summed E-state index contributed by atoms with van der Waals surface area (Å²) >= 11 is 0. The number of anilines is 2. The number of nitrogens with one attached hydrogen (secondary N) is 3. The number of ketones is 1. The highest BCUT2D eigenvalue weighted by molar-refractivity contribution is 6.49. The number of carbonyl (C=O) groups is 3. The molecule has 0 unspecified atom stereocenters. The first-order valence-electron chi connectivity index (χ1n) is 11.5. The molecule has 1 heterocycles. The van der Waals surface area contributed by atoms with Crippen molar-refractivity contribution in [2.24, 2.45) is 0 Å². The summed E-state index contributed by atoms with van der Waals surface area (Å²) in [6.07, 6.45) is 0. The summed E-state index contributed by atoms with van der Waals surface area (Å²) in [5.74, 6) is -1.91. The summed E-state index contributed by atoms with van der Waals surface area (Å²) < 4.78 is 0. The number of rotatable bonds is 6. The van der Waals surface area contributed by atoms with E-state index in [4.69, 9.17) is 0 Å². The normalized spacial score (nSPS) is 10.7. The summed E-state index contributed by atoms with van der Waals surface area (Å²) in [5, 5.41) is 6.16. The van der Waals surface area contributed by atoms with Gasteiger partial charge in [-0.1, -0.05) is 72.8 Å². The number of amides is 2. The molecular weight excluding hydrogens is 450 g/mol. The SMILES string of the molecule is Cc1cccc(NC(=O)c2ccccc2NC(=O)C(=O)c2c(-c3ccccc3)[nH]c3ccccc23)c1. The van der Waals surface area contributed by atoms with Crippen molar-refractivity contribution in [3.63, 3.8) is 0 Å². The van der Waals surface area contributed by atoms with E-state index in [1.165, 1.54) is 0 Å². The van der Waals surface area contributed by atoms with Crippen LogP contribution in [-0.2, 0) is 4.79 Å². The van der Waals surface area contributed by atoms with Crippen LogP contribution in [0.4, 0.5) is 11.4 Å². The lowest BCUT2D eigenvalue weighted by atomic mass is 10.0. The highest BCUT2D eigenvalue weighted by Crippen LogP contribution is 2.31. The lowest BCUT2D eigenvalue weighted by Gasteiger charge is -2.12. The molecule has 0 radical (unpaired) electrons. The van der Waals surface area contributed by atoms with Crippen molar-refractivity contribution in [2.75, 3.05) is 10.6 Å². The molecule has 2 amide bonds. The van der Waals surface area contributed by atoms with Crippen molar-refractivity contribution in [1.29, 1.82) is 0 Å². The zero-order valence-electron chi connectivity index (χ0n) is 19.5. The van der Waals surface area contributed by atoms with Gasteiger partial charge in [0.25, 0.3) is 17.6 Å². The number of carbonyl (C=O) groups excluding carboxylic acids is 3. The minimum atomic E-state index is -0.826. The van der Waals surface area contributed by atoms with E-state index in [0.717, 1.165) is 16.6 Å². The van der Waals surface area contributed by atoms with Crippen molar-refractivity contribution < 1.29 is 14.4 Å². The lowest BCUT2D eigenvalue weighted by molar-refractivity contribution is -0.112. The van der Waals surface area contributed by atoms with Crippen LogP contribution in [0.1, 0.15) is 26.3 Å². The monoisotopic (exact) mass is 473 g/mol. The molecule has 0 aliphatic carbocycles. The summed E-state index contributed by atoms with van der Waals surface area (Å²) in [6, 6.07) is 30.8. The fourth-order valence-corrected chi connectivity index (χ4v) is 4.20. The van der Waals surface area contributed by atoms with Crippen molar-refractivity contribution >= 4 is 39.9 Å². The fourth-order valence-electron chi connectivity index (χ4n) is 4.20. The second-order valence-electron chi connectivity index (χ2n) is 8.44. The summed E-state index contributed by atoms with van der Waals surface area (Å²) in [4.78, 5) is 43.0. The van der Waals surface area contributed by atoms with E-state index in [0.29, 0.717) is 16.8 Å². The predicted octanol–water partition coefficient (Wildman–Crippen LogP) is 6.22. The van der Waals surface area contributed by atoms with E-state index < -0.39 is 11.7 Å². The van der Waals surface area contributed by atoms with Gasteiger partial charge in [-0.25, -0.2) is 0 Å². The number of aryl methyl sites for hydroxylation is 1. The number of benzene rings is 4. The number of H-pyrrole nitrogens is 1. The minimum Gasteiger partial charge on any atom is -0.354 e. The molecule has 3 N–H and O–H groups in total. The average Bonchev–Trinajstić information content (AvgIpc) is 3.28. The molecule has 0 aliphatic rings. The highest BCUT2D eigenvalue weighted by Gasteiger charge is 2.26. The molecule has 0 saturated heterocycles. The van der Waals surface area contributed by atoms with E-state index in [-0.39, 0.29) is 22.7 Å². The van der Waals surface area contributed by atoms with Crippen molar-refractivity contribution in [1.82, 2.24) is 4.98 Å². The van der Waals surface area contributed by atoms with Crippen LogP contribution in [0.5, 0.6) is 0 Å². The predicted molar refractivity (Wildman–Crippen MR) is 142 cm³/mol. The summed E-state index contributed by atoms with van der Waals surface area (Å²) in [5.41, 5.74) is 4.56. The Bertz CT molecular complexity index is 1600. The Balaban J connectivity index is 1.46. The van der Waals surface area contributed by atoms with Gasteiger partial charge in [0.05, 0.1) is 22.5 Å². The minimum absolute atomic E-state index is 0.252. The van der Waals surface area contributed by atoms with Crippen LogP contribution in [0.25, 0.3) is 22.2 Å². The first-order chi connectivity index (χ1) is 17.5. The van der Waals surface area contributed by atoms with Gasteiger partial charge in [-0.3, -0.25) is 14.4 Å². The molecule has 5 aromatic rings. The number of hydrogen-bond donors (Lipinski definition) is 3.